The maximum absolute atomic E-state index is 13.1. The molecule has 132 valence electrons. The summed E-state index contributed by atoms with van der Waals surface area (Å²) in [4.78, 5) is 13.6. The molecule has 0 spiro atoms. The van der Waals surface area contributed by atoms with Crippen LogP contribution in [-0.4, -0.2) is 15.5 Å². The highest BCUT2D eigenvalue weighted by Gasteiger charge is 2.22. The second-order valence-electron chi connectivity index (χ2n) is 6.04. The SMILES string of the molecule is O=C(NC(c1ccccc1)c1ccccc1)c1snnc1-c1ccccc1. The highest BCUT2D eigenvalue weighted by atomic mass is 32.1. The van der Waals surface area contributed by atoms with E-state index < -0.39 is 0 Å². The number of carbonyl (C=O) groups excluding carboxylic acids is 1. The van der Waals surface area contributed by atoms with E-state index in [2.05, 4.69) is 14.9 Å². The molecule has 4 rings (SSSR count). The predicted molar refractivity (Wildman–Crippen MR) is 108 cm³/mol. The van der Waals surface area contributed by atoms with E-state index in [-0.39, 0.29) is 11.9 Å². The fourth-order valence-electron chi connectivity index (χ4n) is 2.97. The molecule has 1 heterocycles. The molecule has 0 saturated carbocycles. The lowest BCUT2D eigenvalue weighted by atomic mass is 9.98. The first kappa shape index (κ1) is 17.1. The molecule has 0 bridgehead atoms. The Hall–Kier alpha value is -3.31. The van der Waals surface area contributed by atoms with Crippen LogP contribution in [0, 0.1) is 0 Å². The molecule has 0 aliphatic rings. The van der Waals surface area contributed by atoms with Crippen molar-refractivity contribution in [1.82, 2.24) is 14.9 Å². The Bertz CT molecular complexity index is 978. The standard InChI is InChI=1S/C22H17N3OS/c26-22(21-20(24-25-27-21)18-14-8-3-9-15-18)23-19(16-10-4-1-5-11-16)17-12-6-2-7-13-17/h1-15,19H,(H,23,26). The molecule has 0 radical (unpaired) electrons. The molecule has 1 N–H and O–H groups in total. The van der Waals surface area contributed by atoms with Crippen LogP contribution in [0.2, 0.25) is 0 Å². The van der Waals surface area contributed by atoms with E-state index >= 15 is 0 Å². The first-order valence-corrected chi connectivity index (χ1v) is 9.39. The van der Waals surface area contributed by atoms with Crippen molar-refractivity contribution in [2.24, 2.45) is 0 Å². The van der Waals surface area contributed by atoms with E-state index in [1.807, 2.05) is 91.0 Å². The Morgan fingerprint density at radius 1 is 0.778 bits per heavy atom. The fraction of sp³-hybridized carbons (Fsp3) is 0.0455. The maximum atomic E-state index is 13.1. The second-order valence-corrected chi connectivity index (χ2v) is 6.80. The molecule has 0 aliphatic carbocycles. The number of nitrogens with zero attached hydrogens (tertiary/aromatic N) is 2. The molecule has 4 nitrogen and oxygen atoms in total. The number of rotatable bonds is 5. The molecule has 4 aromatic rings. The Kier molecular flexibility index (Phi) is 5.03. The van der Waals surface area contributed by atoms with Gasteiger partial charge in [-0.2, -0.15) is 0 Å². The molecule has 1 amide bonds. The fourth-order valence-corrected chi connectivity index (χ4v) is 3.56. The van der Waals surface area contributed by atoms with Crippen LogP contribution in [0.25, 0.3) is 11.3 Å². The van der Waals surface area contributed by atoms with Crippen molar-refractivity contribution in [1.29, 1.82) is 0 Å². The van der Waals surface area contributed by atoms with Crippen LogP contribution >= 0.6 is 11.5 Å². The van der Waals surface area contributed by atoms with Gasteiger partial charge in [-0.3, -0.25) is 4.79 Å². The third-order valence-electron chi connectivity index (χ3n) is 4.28. The van der Waals surface area contributed by atoms with Gasteiger partial charge in [0, 0.05) is 5.56 Å². The zero-order chi connectivity index (χ0) is 18.5. The summed E-state index contributed by atoms with van der Waals surface area (Å²) in [5.74, 6) is -0.179. The minimum absolute atomic E-state index is 0.179. The lowest BCUT2D eigenvalue weighted by Crippen LogP contribution is -2.29. The summed E-state index contributed by atoms with van der Waals surface area (Å²) in [6.07, 6.45) is 0. The van der Waals surface area contributed by atoms with E-state index in [0.29, 0.717) is 10.6 Å². The molecule has 0 aliphatic heterocycles. The summed E-state index contributed by atoms with van der Waals surface area (Å²) in [7, 11) is 0. The van der Waals surface area contributed by atoms with Gasteiger partial charge < -0.3 is 5.32 Å². The normalized spacial score (nSPS) is 10.7. The minimum atomic E-state index is -0.245. The van der Waals surface area contributed by atoms with Gasteiger partial charge in [0.1, 0.15) is 10.6 Å². The van der Waals surface area contributed by atoms with Crippen LogP contribution in [-0.2, 0) is 0 Å². The van der Waals surface area contributed by atoms with E-state index in [9.17, 15) is 4.79 Å². The number of hydrogen-bond donors (Lipinski definition) is 1. The van der Waals surface area contributed by atoms with E-state index in [1.165, 1.54) is 0 Å². The van der Waals surface area contributed by atoms with Crippen LogP contribution in [0.4, 0.5) is 0 Å². The van der Waals surface area contributed by atoms with Gasteiger partial charge in [-0.1, -0.05) is 95.5 Å². The van der Waals surface area contributed by atoms with E-state index in [1.54, 1.807) is 0 Å². The van der Waals surface area contributed by atoms with Crippen molar-refractivity contribution in [2.45, 2.75) is 6.04 Å². The van der Waals surface area contributed by atoms with Crippen LogP contribution in [0.5, 0.6) is 0 Å². The van der Waals surface area contributed by atoms with Crippen molar-refractivity contribution >= 4 is 17.4 Å². The first-order chi connectivity index (χ1) is 13.3. The minimum Gasteiger partial charge on any atom is -0.340 e. The van der Waals surface area contributed by atoms with E-state index in [4.69, 9.17) is 0 Å². The quantitative estimate of drug-likeness (QED) is 0.552. The van der Waals surface area contributed by atoms with Crippen LogP contribution in [0.3, 0.4) is 0 Å². The third kappa shape index (κ3) is 3.78. The van der Waals surface area contributed by atoms with Gasteiger partial charge >= 0.3 is 0 Å². The summed E-state index contributed by atoms with van der Waals surface area (Å²) < 4.78 is 4.00. The smallest absolute Gasteiger partial charge is 0.266 e. The average molecular weight is 371 g/mol. The van der Waals surface area contributed by atoms with Crippen molar-refractivity contribution in [3.8, 4) is 11.3 Å². The van der Waals surface area contributed by atoms with Gasteiger partial charge in [-0.05, 0) is 22.7 Å². The number of carbonyl (C=O) groups is 1. The van der Waals surface area contributed by atoms with Crippen molar-refractivity contribution in [2.75, 3.05) is 0 Å². The number of hydrogen-bond acceptors (Lipinski definition) is 4. The predicted octanol–water partition coefficient (Wildman–Crippen LogP) is 4.72. The second kappa shape index (κ2) is 7.93. The summed E-state index contributed by atoms with van der Waals surface area (Å²) >= 11 is 1.11. The zero-order valence-electron chi connectivity index (χ0n) is 14.4. The van der Waals surface area contributed by atoms with Crippen molar-refractivity contribution < 1.29 is 4.79 Å². The molecule has 0 atom stereocenters. The number of nitrogens with one attached hydrogen (secondary N) is 1. The molecular weight excluding hydrogens is 354 g/mol. The molecule has 1 aromatic heterocycles. The Morgan fingerprint density at radius 2 is 1.30 bits per heavy atom. The molecule has 0 saturated heterocycles. The number of aromatic nitrogens is 2. The van der Waals surface area contributed by atoms with Gasteiger partial charge in [-0.25, -0.2) is 0 Å². The molecule has 0 fully saturated rings. The lowest BCUT2D eigenvalue weighted by molar-refractivity contribution is 0.0947. The first-order valence-electron chi connectivity index (χ1n) is 8.61. The van der Waals surface area contributed by atoms with Gasteiger partial charge in [0.25, 0.3) is 5.91 Å². The van der Waals surface area contributed by atoms with E-state index in [0.717, 1.165) is 28.2 Å². The molecule has 5 heteroatoms. The van der Waals surface area contributed by atoms with Crippen molar-refractivity contribution in [3.63, 3.8) is 0 Å². The molecule has 27 heavy (non-hydrogen) atoms. The summed E-state index contributed by atoms with van der Waals surface area (Å²) in [5.41, 5.74) is 3.54. The summed E-state index contributed by atoms with van der Waals surface area (Å²) in [6.45, 7) is 0. The van der Waals surface area contributed by atoms with Crippen LogP contribution in [0.1, 0.15) is 26.8 Å². The Balaban J connectivity index is 1.67. The molecule has 3 aromatic carbocycles. The third-order valence-corrected chi connectivity index (χ3v) is 5.01. The largest absolute Gasteiger partial charge is 0.340 e. The van der Waals surface area contributed by atoms with Gasteiger partial charge in [0.2, 0.25) is 0 Å². The maximum Gasteiger partial charge on any atom is 0.266 e. The Morgan fingerprint density at radius 3 is 1.85 bits per heavy atom. The molecular formula is C22H17N3OS. The lowest BCUT2D eigenvalue weighted by Gasteiger charge is -2.19. The highest BCUT2D eigenvalue weighted by molar-refractivity contribution is 7.08. The highest BCUT2D eigenvalue weighted by Crippen LogP contribution is 2.26. The van der Waals surface area contributed by atoms with Crippen LogP contribution < -0.4 is 5.32 Å². The monoisotopic (exact) mass is 371 g/mol. The zero-order valence-corrected chi connectivity index (χ0v) is 15.3. The topological polar surface area (TPSA) is 54.9 Å². The Labute approximate surface area is 161 Å². The van der Waals surface area contributed by atoms with Gasteiger partial charge in [0.15, 0.2) is 0 Å². The van der Waals surface area contributed by atoms with Gasteiger partial charge in [0.05, 0.1) is 6.04 Å². The van der Waals surface area contributed by atoms with Crippen LogP contribution in [0.15, 0.2) is 91.0 Å². The number of benzene rings is 3. The molecule has 0 unspecified atom stereocenters. The number of amides is 1. The summed E-state index contributed by atoms with van der Waals surface area (Å²) in [6, 6.07) is 29.3. The summed E-state index contributed by atoms with van der Waals surface area (Å²) in [5, 5.41) is 7.32. The van der Waals surface area contributed by atoms with Crippen molar-refractivity contribution in [3.05, 3.63) is 107 Å². The van der Waals surface area contributed by atoms with Gasteiger partial charge in [-0.15, -0.1) is 5.10 Å². The average Bonchev–Trinajstić information content (AvgIpc) is 3.24.